The lowest BCUT2D eigenvalue weighted by atomic mass is 10.0. The zero-order valence-corrected chi connectivity index (χ0v) is 14.3. The Hall–Kier alpha value is -3.23. The second kappa shape index (κ2) is 8.43. The number of carbonyl (C=O) groups excluding carboxylic acids is 2. The summed E-state index contributed by atoms with van der Waals surface area (Å²) in [6.07, 6.45) is 0.332. The van der Waals surface area contributed by atoms with Crippen LogP contribution in [-0.2, 0) is 11.3 Å². The third kappa shape index (κ3) is 4.49. The molecule has 2 unspecified atom stereocenters. The molecule has 4 N–H and O–H groups in total. The highest BCUT2D eigenvalue weighted by atomic mass is 16.5. The number of fused-ring (bicyclic) bond motifs is 1. The Morgan fingerprint density at radius 2 is 2.07 bits per heavy atom. The predicted octanol–water partition coefficient (Wildman–Crippen LogP) is 1.70. The smallest absolute Gasteiger partial charge is 0.407 e. The van der Waals surface area contributed by atoms with Crippen LogP contribution in [0.4, 0.5) is 4.79 Å². The molecule has 140 valence electrons. The van der Waals surface area contributed by atoms with E-state index in [2.05, 4.69) is 15.3 Å². The number of hydrogen-bond donors (Lipinski definition) is 4. The molecule has 2 heterocycles. The average Bonchev–Trinajstić information content (AvgIpc) is 3.13. The molecule has 0 saturated carbocycles. The van der Waals surface area contributed by atoms with Crippen LogP contribution in [-0.4, -0.2) is 45.2 Å². The summed E-state index contributed by atoms with van der Waals surface area (Å²) in [6.45, 7) is -0.103. The molecule has 0 spiro atoms. The molecule has 1 amide bonds. The molecule has 1 aromatic carbocycles. The summed E-state index contributed by atoms with van der Waals surface area (Å²) in [7, 11) is 0. The first kappa shape index (κ1) is 18.6. The highest BCUT2D eigenvalue weighted by molar-refractivity contribution is 5.95. The predicted molar refractivity (Wildman–Crippen MR) is 97.1 cm³/mol. The van der Waals surface area contributed by atoms with Crippen LogP contribution in [0.5, 0.6) is 0 Å². The molecule has 0 aliphatic rings. The number of amides is 1. The minimum Gasteiger partial charge on any atom is -0.445 e. The number of aromatic amines is 1. The zero-order chi connectivity index (χ0) is 19.2. The molecule has 27 heavy (non-hydrogen) atoms. The van der Waals surface area contributed by atoms with Crippen LogP contribution in [0.15, 0.2) is 48.8 Å². The van der Waals surface area contributed by atoms with Crippen molar-refractivity contribution in [3.05, 3.63) is 65.5 Å². The number of nitrogens with zero attached hydrogens (tertiary/aromatic N) is 1. The van der Waals surface area contributed by atoms with Crippen LogP contribution >= 0.6 is 0 Å². The van der Waals surface area contributed by atoms with Gasteiger partial charge in [-0.15, -0.1) is 0 Å². The summed E-state index contributed by atoms with van der Waals surface area (Å²) in [6, 6.07) is 10.8. The van der Waals surface area contributed by atoms with Crippen molar-refractivity contribution in [2.24, 2.45) is 0 Å². The van der Waals surface area contributed by atoms with Gasteiger partial charge in [-0.1, -0.05) is 30.3 Å². The topological polar surface area (TPSA) is 125 Å². The minimum atomic E-state index is -1.29. The molecule has 0 fully saturated rings. The molecule has 8 heteroatoms. The Kier molecular flexibility index (Phi) is 5.80. The maximum absolute atomic E-state index is 11.7. The lowest BCUT2D eigenvalue weighted by Gasteiger charge is -2.18. The molecule has 3 aromatic rings. The van der Waals surface area contributed by atoms with Crippen molar-refractivity contribution in [1.29, 1.82) is 0 Å². The van der Waals surface area contributed by atoms with Crippen molar-refractivity contribution in [3.63, 3.8) is 0 Å². The van der Waals surface area contributed by atoms with Crippen molar-refractivity contribution in [2.45, 2.75) is 18.8 Å². The van der Waals surface area contributed by atoms with Crippen LogP contribution in [0.3, 0.4) is 0 Å². The standard InChI is InChI=1S/C19H19N3O5/c23-10-14-8-21-18-15(14)6-13(7-20-18)17(25)16(24)9-22-19(26)27-11-12-4-2-1-3-5-12/h1-8,10,16-17,24-25H,9,11H2,(H,20,21)(H,22,26). The number of H-pyrrole nitrogens is 1. The van der Waals surface area contributed by atoms with E-state index in [0.717, 1.165) is 5.56 Å². The fourth-order valence-corrected chi connectivity index (χ4v) is 2.59. The number of pyridine rings is 1. The lowest BCUT2D eigenvalue weighted by Crippen LogP contribution is -2.35. The van der Waals surface area contributed by atoms with E-state index in [0.29, 0.717) is 28.4 Å². The highest BCUT2D eigenvalue weighted by Crippen LogP contribution is 2.22. The van der Waals surface area contributed by atoms with E-state index in [-0.39, 0.29) is 13.2 Å². The van der Waals surface area contributed by atoms with E-state index in [1.165, 1.54) is 12.4 Å². The summed E-state index contributed by atoms with van der Waals surface area (Å²) < 4.78 is 5.04. The molecular weight excluding hydrogens is 350 g/mol. The fraction of sp³-hybridized carbons (Fsp3) is 0.211. The average molecular weight is 369 g/mol. The first-order chi connectivity index (χ1) is 13.1. The number of ether oxygens (including phenoxy) is 1. The van der Waals surface area contributed by atoms with Gasteiger partial charge in [0.25, 0.3) is 0 Å². The summed E-state index contributed by atoms with van der Waals surface area (Å²) in [5.74, 6) is 0. The third-order valence-electron chi connectivity index (χ3n) is 4.09. The van der Waals surface area contributed by atoms with Gasteiger partial charge in [0.2, 0.25) is 0 Å². The normalized spacial score (nSPS) is 13.1. The van der Waals surface area contributed by atoms with Gasteiger partial charge in [0, 0.05) is 35.5 Å². The van der Waals surface area contributed by atoms with Gasteiger partial charge in [0.15, 0.2) is 6.29 Å². The van der Waals surface area contributed by atoms with Crippen molar-refractivity contribution in [2.75, 3.05) is 6.54 Å². The summed E-state index contributed by atoms with van der Waals surface area (Å²) in [5, 5.41) is 23.4. The number of hydrogen-bond acceptors (Lipinski definition) is 6. The summed E-state index contributed by atoms with van der Waals surface area (Å²) in [5.41, 5.74) is 2.08. The first-order valence-corrected chi connectivity index (χ1v) is 8.31. The molecule has 0 radical (unpaired) electrons. The van der Waals surface area contributed by atoms with Gasteiger partial charge in [0.05, 0.1) is 0 Å². The molecule has 3 rings (SSSR count). The molecule has 0 bridgehead atoms. The van der Waals surface area contributed by atoms with Gasteiger partial charge in [-0.2, -0.15) is 0 Å². The summed E-state index contributed by atoms with van der Waals surface area (Å²) >= 11 is 0. The molecule has 8 nitrogen and oxygen atoms in total. The van der Waals surface area contributed by atoms with E-state index in [1.807, 2.05) is 30.3 Å². The van der Waals surface area contributed by atoms with Gasteiger partial charge in [-0.3, -0.25) is 4.79 Å². The third-order valence-corrected chi connectivity index (χ3v) is 4.09. The largest absolute Gasteiger partial charge is 0.445 e. The first-order valence-electron chi connectivity index (χ1n) is 8.31. The van der Waals surface area contributed by atoms with Crippen molar-refractivity contribution in [3.8, 4) is 0 Å². The highest BCUT2D eigenvalue weighted by Gasteiger charge is 2.21. The number of aldehydes is 1. The van der Waals surface area contributed by atoms with Crippen molar-refractivity contribution >= 4 is 23.4 Å². The maximum atomic E-state index is 11.7. The van der Waals surface area contributed by atoms with Crippen LogP contribution < -0.4 is 5.32 Å². The molecule has 0 aliphatic heterocycles. The summed E-state index contributed by atoms with van der Waals surface area (Å²) in [4.78, 5) is 29.7. The Morgan fingerprint density at radius 3 is 2.81 bits per heavy atom. The monoisotopic (exact) mass is 369 g/mol. The Bertz CT molecular complexity index is 925. The van der Waals surface area contributed by atoms with Gasteiger partial charge < -0.3 is 25.3 Å². The zero-order valence-electron chi connectivity index (χ0n) is 14.3. The van der Waals surface area contributed by atoms with E-state index in [9.17, 15) is 19.8 Å². The quantitative estimate of drug-likeness (QED) is 0.470. The second-order valence-corrected chi connectivity index (χ2v) is 5.98. The fourth-order valence-electron chi connectivity index (χ4n) is 2.59. The van der Waals surface area contributed by atoms with E-state index in [4.69, 9.17) is 4.74 Å². The number of aliphatic hydroxyl groups excluding tert-OH is 2. The van der Waals surface area contributed by atoms with E-state index >= 15 is 0 Å². The SMILES string of the molecule is O=Cc1c[nH]c2ncc(C(O)C(O)CNC(=O)OCc3ccccc3)cc12. The number of carbonyl (C=O) groups is 2. The van der Waals surface area contributed by atoms with Crippen LogP contribution in [0.2, 0.25) is 0 Å². The Morgan fingerprint density at radius 1 is 1.30 bits per heavy atom. The maximum Gasteiger partial charge on any atom is 0.407 e. The van der Waals surface area contributed by atoms with Gasteiger partial charge in [0.1, 0.15) is 24.5 Å². The number of rotatable bonds is 7. The number of aromatic nitrogens is 2. The number of nitrogens with one attached hydrogen (secondary N) is 2. The number of benzene rings is 1. The van der Waals surface area contributed by atoms with E-state index < -0.39 is 18.3 Å². The Labute approximate surface area is 154 Å². The molecule has 2 atom stereocenters. The van der Waals surface area contributed by atoms with Crippen molar-refractivity contribution < 1.29 is 24.5 Å². The van der Waals surface area contributed by atoms with E-state index in [1.54, 1.807) is 6.07 Å². The minimum absolute atomic E-state index is 0.105. The lowest BCUT2D eigenvalue weighted by molar-refractivity contribution is 0.0183. The molecule has 0 saturated heterocycles. The van der Waals surface area contributed by atoms with Crippen LogP contribution in [0, 0.1) is 0 Å². The number of alkyl carbamates (subject to hydrolysis) is 1. The number of aliphatic hydroxyl groups is 2. The van der Waals surface area contributed by atoms with Gasteiger partial charge >= 0.3 is 6.09 Å². The van der Waals surface area contributed by atoms with Gasteiger partial charge in [-0.05, 0) is 11.6 Å². The van der Waals surface area contributed by atoms with Crippen LogP contribution in [0.1, 0.15) is 27.6 Å². The molecule has 0 aliphatic carbocycles. The Balaban J connectivity index is 1.55. The van der Waals surface area contributed by atoms with Crippen LogP contribution in [0.25, 0.3) is 11.0 Å². The second-order valence-electron chi connectivity index (χ2n) is 5.98. The van der Waals surface area contributed by atoms with Crippen molar-refractivity contribution in [1.82, 2.24) is 15.3 Å². The molecular formula is C19H19N3O5. The molecule has 2 aromatic heterocycles. The van der Waals surface area contributed by atoms with Gasteiger partial charge in [-0.25, -0.2) is 9.78 Å².